The molecule has 2 unspecified atom stereocenters. The molecule has 8 nitrogen and oxygen atoms in total. The molecule has 0 aromatic rings. The number of amides is 1. The number of nitrogens with one attached hydrogen (secondary N) is 1. The minimum absolute atomic E-state index is 0.0236. The number of hydrogen-bond donors (Lipinski definition) is 5. The van der Waals surface area contributed by atoms with E-state index in [0.717, 1.165) is 83.5 Å². The van der Waals surface area contributed by atoms with Gasteiger partial charge in [0.1, 0.15) is 12.6 Å². The van der Waals surface area contributed by atoms with E-state index in [1.54, 1.807) is 5.32 Å². The van der Waals surface area contributed by atoms with Crippen LogP contribution in [0.15, 0.2) is 134 Å². The molecule has 0 aromatic carbocycles. The Morgan fingerprint density at radius 2 is 0.949 bits per heavy atom. The van der Waals surface area contributed by atoms with Gasteiger partial charge in [0.15, 0.2) is 0 Å². The first kappa shape index (κ1) is 59.2. The lowest BCUT2D eigenvalue weighted by Crippen LogP contribution is -2.82. The molecule has 0 aliphatic rings. The van der Waals surface area contributed by atoms with Gasteiger partial charge in [0.2, 0.25) is 12.2 Å². The first-order chi connectivity index (χ1) is 28.8. The molecule has 0 saturated carbocycles. The molecular weight excluding hydrogens is 735 g/mol. The number of allylic oxidation sites excluding steroid dienone is 21. The first-order valence-electron chi connectivity index (χ1n) is 22.3. The molecule has 0 bridgehead atoms. The molecule has 59 heavy (non-hydrogen) atoms. The smallest absolute Gasteiger partial charge is 0.310 e. The summed E-state index contributed by atoms with van der Waals surface area (Å²) in [6.45, 7) is 10.0. The number of rotatable bonds is 33. The average Bonchev–Trinajstić information content (AvgIpc) is 3.21. The van der Waals surface area contributed by atoms with Gasteiger partial charge in [-0.2, -0.15) is 0 Å². The molecule has 0 spiro atoms. The minimum atomic E-state index is -1.10. The number of hydrogen-bond acceptors (Lipinski definition) is 6. The normalized spacial score (nSPS) is 13.4. The number of likely N-dealkylation sites (N-methyl/N-ethyl adjacent to an activating group) is 1. The van der Waals surface area contributed by atoms with E-state index in [1.165, 1.54) is 6.42 Å². The van der Waals surface area contributed by atoms with Gasteiger partial charge in [-0.1, -0.05) is 168 Å². The van der Waals surface area contributed by atoms with E-state index in [9.17, 15) is 19.8 Å². The van der Waals surface area contributed by atoms with Crippen LogP contribution in [0, 0.1) is 0 Å². The van der Waals surface area contributed by atoms with Crippen LogP contribution in [0.1, 0.15) is 137 Å². The predicted octanol–water partition coefficient (Wildman–Crippen LogP) is 10.3. The minimum Gasteiger partial charge on any atom is -0.436 e. The van der Waals surface area contributed by atoms with Gasteiger partial charge in [-0.15, -0.1) is 0 Å². The number of unbranched alkanes of at least 4 members (excludes halogenated alkanes) is 1. The van der Waals surface area contributed by atoms with Gasteiger partial charge in [-0.3, -0.25) is 9.59 Å². The summed E-state index contributed by atoms with van der Waals surface area (Å²) in [5.41, 5.74) is 5.32. The Labute approximate surface area is 361 Å². The number of quaternary nitrogens is 1. The van der Waals surface area contributed by atoms with Crippen molar-refractivity contribution in [2.75, 3.05) is 26.7 Å². The van der Waals surface area contributed by atoms with E-state index in [-0.39, 0.29) is 12.3 Å². The fraction of sp³-hybridized carbons (Fsp3) is 0.529. The van der Waals surface area contributed by atoms with Crippen LogP contribution >= 0.6 is 0 Å². The van der Waals surface area contributed by atoms with E-state index in [2.05, 4.69) is 155 Å². The van der Waals surface area contributed by atoms with Crippen molar-refractivity contribution in [2.45, 2.75) is 149 Å². The van der Waals surface area contributed by atoms with Crippen molar-refractivity contribution < 1.29 is 29.9 Å². The molecule has 7 N–H and O–H groups in total. The topological polar surface area (TPSA) is 138 Å². The summed E-state index contributed by atoms with van der Waals surface area (Å²) in [5, 5.41) is 23.8. The highest BCUT2D eigenvalue weighted by Gasteiger charge is 2.16. The molecule has 0 radical (unpaired) electrons. The summed E-state index contributed by atoms with van der Waals surface area (Å²) >= 11 is 0. The largest absolute Gasteiger partial charge is 0.436 e. The maximum atomic E-state index is 11.5. The predicted molar refractivity (Wildman–Crippen MR) is 255 cm³/mol. The Morgan fingerprint density at radius 1 is 0.593 bits per heavy atom. The molecule has 0 rings (SSSR count). The second kappa shape index (κ2) is 53.9. The lowest BCUT2D eigenvalue weighted by atomic mass is 10.2. The Balaban J connectivity index is -0.00000100. The van der Waals surface area contributed by atoms with Crippen LogP contribution in [-0.4, -0.2) is 61.2 Å². The van der Waals surface area contributed by atoms with Crippen molar-refractivity contribution in [3.05, 3.63) is 134 Å². The van der Waals surface area contributed by atoms with Crippen molar-refractivity contribution in [2.24, 2.45) is 5.73 Å². The van der Waals surface area contributed by atoms with Crippen LogP contribution in [0.5, 0.6) is 0 Å². The van der Waals surface area contributed by atoms with Gasteiger partial charge >= 0.3 is 5.97 Å². The maximum absolute atomic E-state index is 11.5. The fourth-order valence-corrected chi connectivity index (χ4v) is 4.58. The van der Waals surface area contributed by atoms with E-state index < -0.39 is 18.4 Å². The van der Waals surface area contributed by atoms with Crippen LogP contribution in [-0.2, 0) is 14.3 Å². The monoisotopic (exact) mass is 821 g/mol. The number of aliphatic hydroxyl groups is 2. The quantitative estimate of drug-likeness (QED) is 0.0193. The van der Waals surface area contributed by atoms with E-state index in [0.29, 0.717) is 32.5 Å². The standard InChI is InChI=1S/C25H41NO4.C23H36N2O.C3H8/c1-3-4-5-6-7-8-9-10-11-12-13-14-15-16-17-18-19-20-24(28)30-25(29)21-23(27)22-26-2;1-2-3-4-5-6-7-8-9-10-11-12-13-14-15-16-17-18-19-20-23(26)25-22-21-24;1-3-2/h4-5,7-8,10-11,13-14,16-17,23-24,26-28H,3,6,9,12,15,18-22H2,1-2H3;3-4,6-7,9-10,12-13,15-16,18-19H,2,5,8,11,14,17,20-22,24H2,1H3,(H,25,26);3H2,1-2H3/p+1/b5-4-,8-7-,11-10-,14-13-,17-16-;4-3-,7-6-,10-9-,13-12-,16-15-,19-18-;. The third kappa shape index (κ3) is 58.3. The molecule has 0 heterocycles. The van der Waals surface area contributed by atoms with Crippen molar-refractivity contribution in [1.29, 1.82) is 0 Å². The second-order valence-corrected chi connectivity index (χ2v) is 13.6. The lowest BCUT2D eigenvalue weighted by molar-refractivity contribution is -0.633. The summed E-state index contributed by atoms with van der Waals surface area (Å²) in [6, 6.07) is 0. The molecule has 0 fully saturated rings. The maximum Gasteiger partial charge on any atom is 0.310 e. The van der Waals surface area contributed by atoms with Gasteiger partial charge in [0, 0.05) is 25.9 Å². The SMILES string of the molecule is CC/C=C\C/C=C\C/C=C\C/C=C\C/C=C\C/C=C\CC(=O)NCCN.CC/C=C\C/C=C\C/C=C\C/C=C\C/C=C\CCCC(O)OC(=O)CC(O)C[NH2+]C.CCC. The summed E-state index contributed by atoms with van der Waals surface area (Å²) in [5.74, 6) is -0.540. The average molecular weight is 821 g/mol. The van der Waals surface area contributed by atoms with Crippen molar-refractivity contribution in [3.8, 4) is 0 Å². The number of ether oxygens (including phenoxy) is 1. The molecule has 0 aliphatic heterocycles. The summed E-state index contributed by atoms with van der Waals surface area (Å²) in [7, 11) is 1.82. The molecule has 1 amide bonds. The third-order valence-electron chi connectivity index (χ3n) is 7.52. The molecule has 0 saturated heterocycles. The van der Waals surface area contributed by atoms with E-state index in [4.69, 9.17) is 10.5 Å². The molecule has 0 aromatic heterocycles. The Hall–Kier alpha value is -4.08. The third-order valence-corrected chi connectivity index (χ3v) is 7.52. The number of nitrogens with two attached hydrogens (primary N) is 2. The van der Waals surface area contributed by atoms with Crippen LogP contribution in [0.25, 0.3) is 0 Å². The van der Waals surface area contributed by atoms with Gasteiger partial charge < -0.3 is 31.3 Å². The highest BCUT2D eigenvalue weighted by Crippen LogP contribution is 2.06. The second-order valence-electron chi connectivity index (χ2n) is 13.6. The summed E-state index contributed by atoms with van der Waals surface area (Å²) in [6.07, 6.45) is 59.9. The molecular formula is C51H86N3O5+. The van der Waals surface area contributed by atoms with Gasteiger partial charge in [0.05, 0.1) is 13.5 Å². The lowest BCUT2D eigenvalue weighted by Gasteiger charge is -2.13. The molecule has 8 heteroatoms. The Kier molecular flexibility index (Phi) is 54.1. The zero-order valence-electron chi connectivity index (χ0n) is 37.8. The van der Waals surface area contributed by atoms with E-state index >= 15 is 0 Å². The number of aliphatic hydroxyl groups excluding tert-OH is 2. The fourth-order valence-electron chi connectivity index (χ4n) is 4.58. The number of esters is 1. The highest BCUT2D eigenvalue weighted by molar-refractivity contribution is 5.77. The zero-order valence-corrected chi connectivity index (χ0v) is 37.8. The van der Waals surface area contributed by atoms with Crippen LogP contribution < -0.4 is 16.4 Å². The van der Waals surface area contributed by atoms with Crippen molar-refractivity contribution in [3.63, 3.8) is 0 Å². The van der Waals surface area contributed by atoms with Crippen LogP contribution in [0.4, 0.5) is 0 Å². The summed E-state index contributed by atoms with van der Waals surface area (Å²) < 4.78 is 4.89. The van der Waals surface area contributed by atoms with Gasteiger partial charge in [0.25, 0.3) is 0 Å². The Morgan fingerprint density at radius 3 is 1.31 bits per heavy atom. The zero-order chi connectivity index (χ0) is 44.1. The van der Waals surface area contributed by atoms with Crippen LogP contribution in [0.2, 0.25) is 0 Å². The highest BCUT2D eigenvalue weighted by atomic mass is 16.6. The number of carbonyl (C=O) groups excluding carboxylic acids is 2. The van der Waals surface area contributed by atoms with Crippen molar-refractivity contribution >= 4 is 11.9 Å². The first-order valence-corrected chi connectivity index (χ1v) is 22.3. The van der Waals surface area contributed by atoms with E-state index in [1.807, 2.05) is 19.2 Å². The molecule has 334 valence electrons. The molecule has 0 aliphatic carbocycles. The molecule has 2 atom stereocenters. The number of carbonyl (C=O) groups is 2. The van der Waals surface area contributed by atoms with Gasteiger partial charge in [-0.25, -0.2) is 0 Å². The summed E-state index contributed by atoms with van der Waals surface area (Å²) in [4.78, 5) is 22.8. The Bertz CT molecular complexity index is 1250. The van der Waals surface area contributed by atoms with Crippen LogP contribution in [0.3, 0.4) is 0 Å². The van der Waals surface area contributed by atoms with Crippen molar-refractivity contribution in [1.82, 2.24) is 5.32 Å². The van der Waals surface area contributed by atoms with Gasteiger partial charge in [-0.05, 0) is 83.5 Å².